The van der Waals surface area contributed by atoms with Crippen molar-refractivity contribution in [2.24, 2.45) is 0 Å². The predicted molar refractivity (Wildman–Crippen MR) is 87.0 cm³/mol. The van der Waals surface area contributed by atoms with Gasteiger partial charge in [-0.05, 0) is 44.9 Å². The van der Waals surface area contributed by atoms with Gasteiger partial charge < -0.3 is 9.47 Å². The highest BCUT2D eigenvalue weighted by atomic mass is 16.7. The van der Waals surface area contributed by atoms with Gasteiger partial charge in [-0.2, -0.15) is 0 Å². The van der Waals surface area contributed by atoms with Gasteiger partial charge in [-0.15, -0.1) is 6.42 Å². The molecule has 0 spiro atoms. The van der Waals surface area contributed by atoms with Crippen LogP contribution >= 0.6 is 0 Å². The highest BCUT2D eigenvalue weighted by molar-refractivity contribution is 5.08. The van der Waals surface area contributed by atoms with Crippen molar-refractivity contribution in [3.63, 3.8) is 0 Å². The van der Waals surface area contributed by atoms with Gasteiger partial charge in [-0.25, -0.2) is 0 Å². The largest absolute Gasteiger partial charge is 0.353 e. The first kappa shape index (κ1) is 16.8. The molecule has 1 aliphatic carbocycles. The minimum absolute atomic E-state index is 0.0669. The van der Waals surface area contributed by atoms with E-state index in [4.69, 9.17) is 15.9 Å². The van der Waals surface area contributed by atoms with E-state index in [9.17, 15) is 0 Å². The highest BCUT2D eigenvalue weighted by Crippen LogP contribution is 2.31. The topological polar surface area (TPSA) is 18.5 Å². The van der Waals surface area contributed by atoms with E-state index in [0.29, 0.717) is 0 Å². The number of hydrogen-bond acceptors (Lipinski definition) is 2. The maximum Gasteiger partial charge on any atom is 0.159 e. The highest BCUT2D eigenvalue weighted by Gasteiger charge is 2.32. The Morgan fingerprint density at radius 1 is 0.810 bits per heavy atom. The van der Waals surface area contributed by atoms with Gasteiger partial charge >= 0.3 is 0 Å². The fourth-order valence-corrected chi connectivity index (χ4v) is 3.54. The summed E-state index contributed by atoms with van der Waals surface area (Å²) in [6, 6.07) is 0. The molecular weight excluding hydrogens is 260 g/mol. The standard InChI is InChI=1S/C19H32O2/c1-2-19(21-18-14-10-13-17-20-18)15-11-8-6-4-3-5-7-9-12-16-19/h1,18H,3-17H2. The third-order valence-electron chi connectivity index (χ3n) is 4.92. The van der Waals surface area contributed by atoms with Crippen LogP contribution in [0, 0.1) is 12.3 Å². The van der Waals surface area contributed by atoms with E-state index >= 15 is 0 Å². The van der Waals surface area contributed by atoms with E-state index in [1.807, 2.05) is 0 Å². The number of ether oxygens (including phenoxy) is 2. The lowest BCUT2D eigenvalue weighted by Crippen LogP contribution is -2.38. The summed E-state index contributed by atoms with van der Waals surface area (Å²) in [5.41, 5.74) is -0.374. The zero-order chi connectivity index (χ0) is 14.8. The van der Waals surface area contributed by atoms with Gasteiger partial charge in [-0.3, -0.25) is 0 Å². The summed E-state index contributed by atoms with van der Waals surface area (Å²) < 4.78 is 12.1. The first-order valence-electron chi connectivity index (χ1n) is 9.12. The second-order valence-corrected chi connectivity index (χ2v) is 6.73. The Morgan fingerprint density at radius 3 is 1.86 bits per heavy atom. The van der Waals surface area contributed by atoms with Crippen LogP contribution in [-0.2, 0) is 9.47 Å². The zero-order valence-electron chi connectivity index (χ0n) is 13.6. The summed E-state index contributed by atoms with van der Waals surface area (Å²) >= 11 is 0. The van der Waals surface area contributed by atoms with Crippen LogP contribution in [0.25, 0.3) is 0 Å². The summed E-state index contributed by atoms with van der Waals surface area (Å²) in [7, 11) is 0. The third kappa shape index (κ3) is 6.01. The van der Waals surface area contributed by atoms with E-state index in [-0.39, 0.29) is 11.9 Å². The smallest absolute Gasteiger partial charge is 0.159 e. The molecule has 21 heavy (non-hydrogen) atoms. The molecule has 2 fully saturated rings. The number of rotatable bonds is 2. The Balaban J connectivity index is 1.91. The van der Waals surface area contributed by atoms with Gasteiger partial charge in [0.05, 0.1) is 0 Å². The van der Waals surface area contributed by atoms with Crippen molar-refractivity contribution in [2.45, 2.75) is 102 Å². The Bertz CT molecular complexity index is 300. The Hall–Kier alpha value is -0.520. The Kier molecular flexibility index (Phi) is 7.61. The van der Waals surface area contributed by atoms with Crippen LogP contribution in [0.5, 0.6) is 0 Å². The number of terminal acetylenes is 1. The first-order chi connectivity index (χ1) is 10.3. The molecule has 1 saturated heterocycles. The molecule has 1 heterocycles. The van der Waals surface area contributed by atoms with E-state index in [1.54, 1.807) is 0 Å². The molecule has 0 aromatic rings. The lowest BCUT2D eigenvalue weighted by molar-refractivity contribution is -0.212. The van der Waals surface area contributed by atoms with Crippen molar-refractivity contribution in [1.82, 2.24) is 0 Å². The van der Waals surface area contributed by atoms with Gasteiger partial charge in [-0.1, -0.05) is 50.9 Å². The fraction of sp³-hybridized carbons (Fsp3) is 0.895. The summed E-state index contributed by atoms with van der Waals surface area (Å²) in [6.07, 6.45) is 23.0. The third-order valence-corrected chi connectivity index (χ3v) is 4.92. The van der Waals surface area contributed by atoms with E-state index in [0.717, 1.165) is 32.3 Å². The fourth-order valence-electron chi connectivity index (χ4n) is 3.54. The molecule has 1 unspecified atom stereocenters. The average molecular weight is 292 g/mol. The van der Waals surface area contributed by atoms with Gasteiger partial charge in [0.2, 0.25) is 0 Å². The molecule has 0 radical (unpaired) electrons. The molecule has 0 bridgehead atoms. The molecule has 2 nitrogen and oxygen atoms in total. The molecule has 0 aromatic carbocycles. The second kappa shape index (κ2) is 9.49. The van der Waals surface area contributed by atoms with E-state index < -0.39 is 0 Å². The minimum atomic E-state index is -0.374. The van der Waals surface area contributed by atoms with Crippen molar-refractivity contribution in [2.75, 3.05) is 6.61 Å². The molecule has 0 aromatic heterocycles. The van der Waals surface area contributed by atoms with Crippen LogP contribution in [0.3, 0.4) is 0 Å². The molecule has 1 atom stereocenters. The molecule has 0 amide bonds. The van der Waals surface area contributed by atoms with Crippen molar-refractivity contribution in [1.29, 1.82) is 0 Å². The molecule has 1 saturated carbocycles. The minimum Gasteiger partial charge on any atom is -0.353 e. The van der Waals surface area contributed by atoms with E-state index in [1.165, 1.54) is 64.2 Å². The van der Waals surface area contributed by atoms with Crippen LogP contribution < -0.4 is 0 Å². The summed E-state index contributed by atoms with van der Waals surface area (Å²) in [5, 5.41) is 0. The maximum absolute atomic E-state index is 6.31. The van der Waals surface area contributed by atoms with Crippen LogP contribution in [0.15, 0.2) is 0 Å². The molecular formula is C19H32O2. The van der Waals surface area contributed by atoms with Crippen molar-refractivity contribution < 1.29 is 9.47 Å². The van der Waals surface area contributed by atoms with Crippen LogP contribution in [0.1, 0.15) is 89.9 Å². The summed E-state index contributed by atoms with van der Waals surface area (Å²) in [5.74, 6) is 3.01. The van der Waals surface area contributed by atoms with Gasteiger partial charge in [0.1, 0.15) is 5.60 Å². The molecule has 120 valence electrons. The average Bonchev–Trinajstić information content (AvgIpc) is 2.51. The quantitative estimate of drug-likeness (QED) is 0.651. The lowest BCUT2D eigenvalue weighted by Gasteiger charge is -2.35. The summed E-state index contributed by atoms with van der Waals surface area (Å²) in [4.78, 5) is 0. The van der Waals surface area contributed by atoms with Gasteiger partial charge in [0.25, 0.3) is 0 Å². The SMILES string of the molecule is C#CC1(OC2CCCCO2)CCCCCCCCCCC1. The molecule has 2 aliphatic rings. The predicted octanol–water partition coefficient (Wildman–Crippen LogP) is 5.21. The van der Waals surface area contributed by atoms with Gasteiger partial charge in [0, 0.05) is 6.61 Å². The van der Waals surface area contributed by atoms with Crippen LogP contribution in [-0.4, -0.2) is 18.5 Å². The monoisotopic (exact) mass is 292 g/mol. The van der Waals surface area contributed by atoms with E-state index in [2.05, 4.69) is 5.92 Å². The molecule has 1 aliphatic heterocycles. The van der Waals surface area contributed by atoms with Crippen LogP contribution in [0.4, 0.5) is 0 Å². The molecule has 2 heteroatoms. The maximum atomic E-state index is 6.31. The first-order valence-corrected chi connectivity index (χ1v) is 9.12. The zero-order valence-corrected chi connectivity index (χ0v) is 13.6. The van der Waals surface area contributed by atoms with Crippen molar-refractivity contribution >= 4 is 0 Å². The number of hydrogen-bond donors (Lipinski definition) is 0. The normalized spacial score (nSPS) is 28.8. The second-order valence-electron chi connectivity index (χ2n) is 6.73. The lowest BCUT2D eigenvalue weighted by atomic mass is 9.89. The Labute approximate surface area is 131 Å². The molecule has 2 rings (SSSR count). The molecule has 0 N–H and O–H groups in total. The van der Waals surface area contributed by atoms with Gasteiger partial charge in [0.15, 0.2) is 6.29 Å². The van der Waals surface area contributed by atoms with Crippen LogP contribution in [0.2, 0.25) is 0 Å². The van der Waals surface area contributed by atoms with Crippen molar-refractivity contribution in [3.05, 3.63) is 0 Å². The van der Waals surface area contributed by atoms with Crippen molar-refractivity contribution in [3.8, 4) is 12.3 Å². The summed E-state index contributed by atoms with van der Waals surface area (Å²) in [6.45, 7) is 0.825. The Morgan fingerprint density at radius 2 is 1.38 bits per heavy atom.